The molecule has 2 bridgehead atoms. The van der Waals surface area contributed by atoms with Crippen LogP contribution in [-0.2, 0) is 19.1 Å². The molecule has 0 spiro atoms. The van der Waals surface area contributed by atoms with E-state index in [2.05, 4.69) is 0 Å². The van der Waals surface area contributed by atoms with Crippen molar-refractivity contribution in [2.45, 2.75) is 56.5 Å². The molecule has 8 nitrogen and oxygen atoms in total. The Morgan fingerprint density at radius 2 is 1.74 bits per heavy atom. The van der Waals surface area contributed by atoms with E-state index in [0.717, 1.165) is 32.1 Å². The van der Waals surface area contributed by atoms with Crippen molar-refractivity contribution in [2.75, 3.05) is 26.2 Å². The fourth-order valence-electron chi connectivity index (χ4n) is 3.46. The topological polar surface area (TPSA) is 113 Å². The maximum atomic E-state index is 12.4. The van der Waals surface area contributed by atoms with Gasteiger partial charge in [0.25, 0.3) is 0 Å². The second kappa shape index (κ2) is 8.87. The monoisotopic (exact) mass is 395 g/mol. The lowest BCUT2D eigenvalue weighted by molar-refractivity contribution is -0.192. The number of nitrogens with zero attached hydrogens (tertiary/aromatic N) is 2. The maximum Gasteiger partial charge on any atom is 0.490 e. The van der Waals surface area contributed by atoms with Crippen LogP contribution in [0, 0.1) is 0 Å². The lowest BCUT2D eigenvalue weighted by atomic mass is 10.0. The van der Waals surface area contributed by atoms with E-state index in [1.807, 2.05) is 0 Å². The minimum absolute atomic E-state index is 0.00481. The lowest BCUT2D eigenvalue weighted by Gasteiger charge is -2.33. The third-order valence-corrected chi connectivity index (χ3v) is 4.87. The molecule has 0 aromatic heterocycles. The molecule has 0 aromatic rings. The Hall–Kier alpha value is -1.88. The molecule has 0 aliphatic carbocycles. The number of aliphatic carboxylic acids is 1. The fraction of sp³-hybridized carbons (Fsp3) is 0.812. The zero-order chi connectivity index (χ0) is 20.2. The number of rotatable bonds is 0. The number of alkyl halides is 3. The molecule has 3 heterocycles. The van der Waals surface area contributed by atoms with Gasteiger partial charge < -0.3 is 25.4 Å². The van der Waals surface area contributed by atoms with Crippen LogP contribution < -0.4 is 5.73 Å². The summed E-state index contributed by atoms with van der Waals surface area (Å²) >= 11 is 0. The lowest BCUT2D eigenvalue weighted by Crippen LogP contribution is -2.53. The van der Waals surface area contributed by atoms with E-state index in [-0.39, 0.29) is 30.0 Å². The number of hydrogen-bond donors (Lipinski definition) is 2. The summed E-state index contributed by atoms with van der Waals surface area (Å²) in [5, 5.41) is 7.12. The fourth-order valence-corrected chi connectivity index (χ4v) is 3.46. The van der Waals surface area contributed by atoms with Gasteiger partial charge in [-0.3, -0.25) is 9.59 Å². The number of piperidine rings is 1. The van der Waals surface area contributed by atoms with Crippen molar-refractivity contribution in [1.82, 2.24) is 9.80 Å². The van der Waals surface area contributed by atoms with Crippen LogP contribution in [0.3, 0.4) is 0 Å². The van der Waals surface area contributed by atoms with Gasteiger partial charge in [0.2, 0.25) is 0 Å². The van der Waals surface area contributed by atoms with E-state index in [4.69, 9.17) is 20.4 Å². The first kappa shape index (κ1) is 21.4. The van der Waals surface area contributed by atoms with Crippen LogP contribution in [0.2, 0.25) is 0 Å². The third kappa shape index (κ3) is 5.80. The number of ether oxygens (including phenoxy) is 1. The summed E-state index contributed by atoms with van der Waals surface area (Å²) in [6, 6.07) is 0.0839. The van der Waals surface area contributed by atoms with Gasteiger partial charge in [0.1, 0.15) is 0 Å². The molecular formula is C16H24F3N3O5. The zero-order valence-electron chi connectivity index (χ0n) is 14.8. The van der Waals surface area contributed by atoms with E-state index in [9.17, 15) is 22.8 Å². The van der Waals surface area contributed by atoms with E-state index >= 15 is 0 Å². The van der Waals surface area contributed by atoms with Gasteiger partial charge in [-0.25, -0.2) is 4.79 Å². The van der Waals surface area contributed by atoms with Crippen LogP contribution in [0.15, 0.2) is 0 Å². The average molecular weight is 395 g/mol. The molecule has 3 aliphatic rings. The standard InChI is InChI=1S/C14H23N3O3.C2HF3O2/c15-10-3-1-2-5-16(8-10)13(18)14(19)17-6-4-12-7-11(17)9-20-12;3-2(4,5)1(6)7/h10-12H,1-9,15H2;(H,6,7). The normalized spacial score (nSPS) is 28.1. The molecule has 3 unspecified atom stereocenters. The second-order valence-electron chi connectivity index (χ2n) is 6.94. The van der Waals surface area contributed by atoms with Crippen LogP contribution in [0.5, 0.6) is 0 Å². The second-order valence-corrected chi connectivity index (χ2v) is 6.94. The number of carbonyl (C=O) groups excluding carboxylic acids is 2. The van der Waals surface area contributed by atoms with Crippen molar-refractivity contribution in [2.24, 2.45) is 5.73 Å². The van der Waals surface area contributed by atoms with Crippen molar-refractivity contribution in [3.05, 3.63) is 0 Å². The average Bonchev–Trinajstić information content (AvgIpc) is 2.82. The van der Waals surface area contributed by atoms with Crippen molar-refractivity contribution in [3.63, 3.8) is 0 Å². The predicted molar refractivity (Wildman–Crippen MR) is 86.6 cm³/mol. The van der Waals surface area contributed by atoms with Gasteiger partial charge in [-0.05, 0) is 25.7 Å². The molecule has 11 heteroatoms. The SMILES string of the molecule is NC1CCCCN(C(=O)C(=O)N2CCC3CC2CO3)C1.O=C(O)C(F)(F)F. The van der Waals surface area contributed by atoms with Crippen molar-refractivity contribution >= 4 is 17.8 Å². The van der Waals surface area contributed by atoms with E-state index in [0.29, 0.717) is 26.2 Å². The van der Waals surface area contributed by atoms with E-state index in [1.54, 1.807) is 9.80 Å². The van der Waals surface area contributed by atoms with Gasteiger partial charge >= 0.3 is 24.0 Å². The van der Waals surface area contributed by atoms with Gasteiger partial charge in [-0.15, -0.1) is 0 Å². The Balaban J connectivity index is 0.000000321. The third-order valence-electron chi connectivity index (χ3n) is 4.87. The summed E-state index contributed by atoms with van der Waals surface area (Å²) in [5.41, 5.74) is 5.96. The van der Waals surface area contributed by atoms with Gasteiger partial charge in [0, 0.05) is 25.7 Å². The Bertz CT molecular complexity index is 572. The number of carboxylic acids is 1. The summed E-state index contributed by atoms with van der Waals surface area (Å²) in [6.07, 6.45) is -0.193. The number of likely N-dealkylation sites (tertiary alicyclic amines) is 2. The van der Waals surface area contributed by atoms with E-state index < -0.39 is 12.1 Å². The highest BCUT2D eigenvalue weighted by atomic mass is 19.4. The summed E-state index contributed by atoms with van der Waals surface area (Å²) in [6.45, 7) is 2.36. The summed E-state index contributed by atoms with van der Waals surface area (Å²) in [4.78, 5) is 37.1. The molecule has 0 aromatic carbocycles. The van der Waals surface area contributed by atoms with Crippen LogP contribution >= 0.6 is 0 Å². The van der Waals surface area contributed by atoms with Crippen molar-refractivity contribution in [3.8, 4) is 0 Å². The number of fused-ring (bicyclic) bond motifs is 2. The van der Waals surface area contributed by atoms with Crippen molar-refractivity contribution in [1.29, 1.82) is 0 Å². The number of amides is 2. The molecular weight excluding hydrogens is 371 g/mol. The molecule has 27 heavy (non-hydrogen) atoms. The first-order chi connectivity index (χ1) is 12.6. The van der Waals surface area contributed by atoms with Gasteiger partial charge in [-0.1, -0.05) is 6.42 Å². The Kier molecular flexibility index (Phi) is 7.04. The summed E-state index contributed by atoms with van der Waals surface area (Å²) in [7, 11) is 0. The minimum atomic E-state index is -5.08. The number of nitrogens with two attached hydrogens (primary N) is 1. The molecule has 3 rings (SSSR count). The summed E-state index contributed by atoms with van der Waals surface area (Å²) < 4.78 is 37.3. The van der Waals surface area contributed by atoms with Gasteiger partial charge in [0.15, 0.2) is 0 Å². The molecule has 3 N–H and O–H groups in total. The minimum Gasteiger partial charge on any atom is -0.475 e. The van der Waals surface area contributed by atoms with Crippen LogP contribution in [-0.4, -0.2) is 83.3 Å². The summed E-state index contributed by atoms with van der Waals surface area (Å²) in [5.74, 6) is -3.51. The van der Waals surface area contributed by atoms with Gasteiger partial charge in [-0.2, -0.15) is 13.2 Å². The highest BCUT2D eigenvalue weighted by molar-refractivity contribution is 6.35. The van der Waals surface area contributed by atoms with Crippen LogP contribution in [0.1, 0.15) is 32.1 Å². The molecule has 3 saturated heterocycles. The number of carboxylic acid groups (broad SMARTS) is 1. The Morgan fingerprint density at radius 3 is 2.37 bits per heavy atom. The number of halogens is 3. The van der Waals surface area contributed by atoms with E-state index in [1.165, 1.54) is 0 Å². The number of carbonyl (C=O) groups is 3. The predicted octanol–water partition coefficient (Wildman–Crippen LogP) is 0.349. The first-order valence-electron chi connectivity index (χ1n) is 8.86. The Labute approximate surface area is 154 Å². The molecule has 3 aliphatic heterocycles. The molecule has 0 saturated carbocycles. The largest absolute Gasteiger partial charge is 0.490 e. The molecule has 2 amide bonds. The molecule has 0 radical (unpaired) electrons. The van der Waals surface area contributed by atoms with Crippen molar-refractivity contribution < 1.29 is 37.4 Å². The Morgan fingerprint density at radius 1 is 1.07 bits per heavy atom. The molecule has 3 fully saturated rings. The quantitative estimate of drug-likeness (QED) is 0.573. The number of hydrogen-bond acceptors (Lipinski definition) is 5. The van der Waals surface area contributed by atoms with Crippen LogP contribution in [0.4, 0.5) is 13.2 Å². The first-order valence-corrected chi connectivity index (χ1v) is 8.86. The highest BCUT2D eigenvalue weighted by Crippen LogP contribution is 2.27. The highest BCUT2D eigenvalue weighted by Gasteiger charge is 2.40. The smallest absolute Gasteiger partial charge is 0.475 e. The maximum absolute atomic E-state index is 12.4. The van der Waals surface area contributed by atoms with Crippen LogP contribution in [0.25, 0.3) is 0 Å². The zero-order valence-corrected chi connectivity index (χ0v) is 14.8. The van der Waals surface area contributed by atoms with Gasteiger partial charge in [0.05, 0.1) is 18.8 Å². The molecule has 3 atom stereocenters. The molecule has 154 valence electrons.